The predicted molar refractivity (Wildman–Crippen MR) is 67.8 cm³/mol. The standard InChI is InChI=1S/C13H14O6/c1-17-8-6-11(18-2)9(12(7-8)19-3)4-5-10(14)13(15)16/h4-7H,1-3H3,(H,15,16)/b5-4+. The van der Waals surface area contributed by atoms with Crippen LogP contribution in [0, 0.1) is 0 Å². The number of ketones is 1. The van der Waals surface area contributed by atoms with Crippen LogP contribution in [0.15, 0.2) is 18.2 Å². The zero-order valence-electron chi connectivity index (χ0n) is 10.8. The first kappa shape index (κ1) is 14.6. The van der Waals surface area contributed by atoms with Crippen LogP contribution < -0.4 is 14.2 Å². The second-order valence-electron chi connectivity index (χ2n) is 3.45. The summed E-state index contributed by atoms with van der Waals surface area (Å²) >= 11 is 0. The third kappa shape index (κ3) is 3.48. The molecule has 0 saturated carbocycles. The number of carboxylic acid groups (broad SMARTS) is 1. The fourth-order valence-electron chi connectivity index (χ4n) is 1.43. The summed E-state index contributed by atoms with van der Waals surface area (Å²) in [6, 6.07) is 3.21. The average Bonchev–Trinajstić information content (AvgIpc) is 2.43. The van der Waals surface area contributed by atoms with Crippen molar-refractivity contribution < 1.29 is 28.9 Å². The molecule has 6 nitrogen and oxygen atoms in total. The Kier molecular flexibility index (Phi) is 4.93. The first-order valence-corrected chi connectivity index (χ1v) is 5.28. The highest BCUT2D eigenvalue weighted by Crippen LogP contribution is 2.34. The first-order chi connectivity index (χ1) is 9.03. The lowest BCUT2D eigenvalue weighted by atomic mass is 10.1. The van der Waals surface area contributed by atoms with Gasteiger partial charge in [-0.15, -0.1) is 0 Å². The van der Waals surface area contributed by atoms with Gasteiger partial charge in [-0.25, -0.2) is 4.79 Å². The van der Waals surface area contributed by atoms with Gasteiger partial charge in [-0.3, -0.25) is 4.79 Å². The maximum atomic E-state index is 11.0. The van der Waals surface area contributed by atoms with E-state index in [1.54, 1.807) is 12.1 Å². The number of hydrogen-bond acceptors (Lipinski definition) is 5. The second-order valence-corrected chi connectivity index (χ2v) is 3.45. The van der Waals surface area contributed by atoms with E-state index in [0.717, 1.165) is 6.08 Å². The number of methoxy groups -OCH3 is 3. The molecule has 0 aliphatic heterocycles. The van der Waals surface area contributed by atoms with E-state index in [-0.39, 0.29) is 0 Å². The van der Waals surface area contributed by atoms with Crippen LogP contribution in [0.5, 0.6) is 17.2 Å². The summed E-state index contributed by atoms with van der Waals surface area (Å²) in [4.78, 5) is 21.5. The molecule has 0 aliphatic rings. The second kappa shape index (κ2) is 6.44. The largest absolute Gasteiger partial charge is 0.496 e. The van der Waals surface area contributed by atoms with Crippen molar-refractivity contribution in [1.82, 2.24) is 0 Å². The van der Waals surface area contributed by atoms with Gasteiger partial charge in [-0.05, 0) is 12.2 Å². The zero-order valence-corrected chi connectivity index (χ0v) is 10.8. The van der Waals surface area contributed by atoms with Gasteiger partial charge in [0, 0.05) is 12.1 Å². The van der Waals surface area contributed by atoms with Crippen LogP contribution in [0.2, 0.25) is 0 Å². The molecule has 0 unspecified atom stereocenters. The molecule has 1 aromatic carbocycles. The van der Waals surface area contributed by atoms with Gasteiger partial charge in [0.2, 0.25) is 0 Å². The molecular formula is C13H14O6. The van der Waals surface area contributed by atoms with E-state index in [0.29, 0.717) is 22.8 Å². The van der Waals surface area contributed by atoms with E-state index in [1.165, 1.54) is 27.4 Å². The lowest BCUT2D eigenvalue weighted by molar-refractivity contribution is -0.146. The molecule has 6 heteroatoms. The van der Waals surface area contributed by atoms with Crippen LogP contribution in [-0.4, -0.2) is 38.2 Å². The third-order valence-corrected chi connectivity index (χ3v) is 2.37. The Bertz CT molecular complexity index is 493. The lowest BCUT2D eigenvalue weighted by Crippen LogP contribution is -2.08. The monoisotopic (exact) mass is 266 g/mol. The topological polar surface area (TPSA) is 82.1 Å². The Morgan fingerprint density at radius 1 is 1.05 bits per heavy atom. The minimum Gasteiger partial charge on any atom is -0.496 e. The minimum absolute atomic E-state index is 0.408. The van der Waals surface area contributed by atoms with Crippen molar-refractivity contribution in [3.8, 4) is 17.2 Å². The molecule has 0 fully saturated rings. The van der Waals surface area contributed by atoms with Crippen molar-refractivity contribution in [2.24, 2.45) is 0 Å². The summed E-state index contributed by atoms with van der Waals surface area (Å²) in [5, 5.41) is 8.51. The van der Waals surface area contributed by atoms with E-state index < -0.39 is 11.8 Å². The maximum absolute atomic E-state index is 11.0. The molecule has 0 bridgehead atoms. The van der Waals surface area contributed by atoms with Gasteiger partial charge in [0.25, 0.3) is 5.78 Å². The molecule has 0 heterocycles. The smallest absolute Gasteiger partial charge is 0.376 e. The molecular weight excluding hydrogens is 252 g/mol. The molecule has 0 aromatic heterocycles. The molecule has 0 amide bonds. The third-order valence-electron chi connectivity index (χ3n) is 2.37. The van der Waals surface area contributed by atoms with Crippen molar-refractivity contribution in [1.29, 1.82) is 0 Å². The number of carboxylic acids is 1. The molecule has 0 aliphatic carbocycles. The SMILES string of the molecule is COc1cc(OC)c(/C=C/C(=O)C(=O)O)c(OC)c1. The van der Waals surface area contributed by atoms with Crippen molar-refractivity contribution in [2.75, 3.05) is 21.3 Å². The minimum atomic E-state index is -1.53. The Morgan fingerprint density at radius 2 is 1.58 bits per heavy atom. The molecule has 19 heavy (non-hydrogen) atoms. The fourth-order valence-corrected chi connectivity index (χ4v) is 1.43. The number of carbonyl (C=O) groups excluding carboxylic acids is 1. The average molecular weight is 266 g/mol. The van der Waals surface area contributed by atoms with E-state index in [2.05, 4.69) is 0 Å². The van der Waals surface area contributed by atoms with Crippen molar-refractivity contribution >= 4 is 17.8 Å². The zero-order chi connectivity index (χ0) is 14.4. The maximum Gasteiger partial charge on any atom is 0.376 e. The quantitative estimate of drug-likeness (QED) is 0.618. The summed E-state index contributed by atoms with van der Waals surface area (Å²) in [7, 11) is 4.40. The van der Waals surface area contributed by atoms with Gasteiger partial charge in [-0.2, -0.15) is 0 Å². The fraction of sp³-hybridized carbons (Fsp3) is 0.231. The van der Waals surface area contributed by atoms with E-state index in [4.69, 9.17) is 19.3 Å². The van der Waals surface area contributed by atoms with E-state index in [9.17, 15) is 9.59 Å². The van der Waals surface area contributed by atoms with Crippen LogP contribution >= 0.6 is 0 Å². The van der Waals surface area contributed by atoms with E-state index >= 15 is 0 Å². The highest BCUT2D eigenvalue weighted by molar-refractivity contribution is 6.38. The molecule has 0 radical (unpaired) electrons. The molecule has 0 spiro atoms. The Labute approximate surface area is 110 Å². The van der Waals surface area contributed by atoms with Gasteiger partial charge in [0.1, 0.15) is 17.2 Å². The van der Waals surface area contributed by atoms with Crippen molar-refractivity contribution in [3.63, 3.8) is 0 Å². The predicted octanol–water partition coefficient (Wildman–Crippen LogP) is 1.38. The number of aliphatic carboxylic acids is 1. The van der Waals surface area contributed by atoms with Crippen LogP contribution in [0.4, 0.5) is 0 Å². The normalized spacial score (nSPS) is 10.3. The highest BCUT2D eigenvalue weighted by atomic mass is 16.5. The number of carbonyl (C=O) groups is 2. The molecule has 1 rings (SSSR count). The summed E-state index contributed by atoms with van der Waals surface area (Å²) in [5.74, 6) is -1.21. The van der Waals surface area contributed by atoms with Gasteiger partial charge >= 0.3 is 5.97 Å². The molecule has 102 valence electrons. The van der Waals surface area contributed by atoms with Gasteiger partial charge in [-0.1, -0.05) is 0 Å². The Hall–Kier alpha value is -2.50. The number of hydrogen-bond donors (Lipinski definition) is 1. The van der Waals surface area contributed by atoms with Gasteiger partial charge in [0.15, 0.2) is 0 Å². The van der Waals surface area contributed by atoms with Gasteiger partial charge in [0.05, 0.1) is 26.9 Å². The van der Waals surface area contributed by atoms with Gasteiger partial charge < -0.3 is 19.3 Å². The van der Waals surface area contributed by atoms with Crippen LogP contribution in [-0.2, 0) is 9.59 Å². The molecule has 1 N–H and O–H groups in total. The summed E-state index contributed by atoms with van der Waals surface area (Å²) < 4.78 is 15.4. The van der Waals surface area contributed by atoms with E-state index in [1.807, 2.05) is 0 Å². The first-order valence-electron chi connectivity index (χ1n) is 5.28. The lowest BCUT2D eigenvalue weighted by Gasteiger charge is -2.12. The molecule has 0 atom stereocenters. The number of rotatable bonds is 6. The highest BCUT2D eigenvalue weighted by Gasteiger charge is 2.12. The van der Waals surface area contributed by atoms with Crippen LogP contribution in [0.1, 0.15) is 5.56 Å². The van der Waals surface area contributed by atoms with Crippen molar-refractivity contribution in [2.45, 2.75) is 0 Å². The molecule has 1 aromatic rings. The Morgan fingerprint density at radius 3 is 1.95 bits per heavy atom. The number of benzene rings is 1. The van der Waals surface area contributed by atoms with Crippen LogP contribution in [0.25, 0.3) is 6.08 Å². The Balaban J connectivity index is 3.24. The molecule has 0 saturated heterocycles. The van der Waals surface area contributed by atoms with Crippen LogP contribution in [0.3, 0.4) is 0 Å². The van der Waals surface area contributed by atoms with Crippen molar-refractivity contribution in [3.05, 3.63) is 23.8 Å². The summed E-state index contributed by atoms with van der Waals surface area (Å²) in [5.41, 5.74) is 0.459. The number of ether oxygens (including phenoxy) is 3. The summed E-state index contributed by atoms with van der Waals surface area (Å²) in [6.07, 6.45) is 2.27. The summed E-state index contributed by atoms with van der Waals surface area (Å²) in [6.45, 7) is 0.